The predicted molar refractivity (Wildman–Crippen MR) is 120 cm³/mol. The van der Waals surface area contributed by atoms with E-state index in [1.54, 1.807) is 6.20 Å². The fourth-order valence-corrected chi connectivity index (χ4v) is 3.81. The lowest BCUT2D eigenvalue weighted by Gasteiger charge is -2.12. The van der Waals surface area contributed by atoms with Crippen LogP contribution in [0.5, 0.6) is 0 Å². The normalized spacial score (nSPS) is 10.7. The molecule has 0 aliphatic heterocycles. The number of hydrogen-bond acceptors (Lipinski definition) is 2. The number of carbonyl (C=O) groups is 1. The molecule has 1 heterocycles. The van der Waals surface area contributed by atoms with E-state index in [4.69, 9.17) is 0 Å². The Morgan fingerprint density at radius 1 is 1.03 bits per heavy atom. The maximum atomic E-state index is 13.0. The molecule has 0 bridgehead atoms. The van der Waals surface area contributed by atoms with Gasteiger partial charge in [-0.05, 0) is 69.4 Å². The predicted octanol–water partition coefficient (Wildman–Crippen LogP) is 5.92. The average Bonchev–Trinajstić information content (AvgIpc) is 3.24. The van der Waals surface area contributed by atoms with Crippen LogP contribution in [0.2, 0.25) is 0 Å². The molecule has 0 aliphatic rings. The molecule has 0 saturated carbocycles. The van der Waals surface area contributed by atoms with Crippen LogP contribution in [0.4, 0.5) is 5.69 Å². The van der Waals surface area contributed by atoms with E-state index in [2.05, 4.69) is 38.5 Å². The highest BCUT2D eigenvalue weighted by Crippen LogP contribution is 2.27. The van der Waals surface area contributed by atoms with Crippen molar-refractivity contribution in [1.82, 2.24) is 9.78 Å². The number of amides is 1. The van der Waals surface area contributed by atoms with Gasteiger partial charge in [0.05, 0.1) is 12.2 Å². The lowest BCUT2D eigenvalue weighted by Crippen LogP contribution is -2.13. The summed E-state index contributed by atoms with van der Waals surface area (Å²) in [5, 5.41) is 7.25. The van der Waals surface area contributed by atoms with Crippen molar-refractivity contribution in [2.24, 2.45) is 0 Å². The number of rotatable bonds is 5. The number of nitrogens with zero attached hydrogens (tertiary/aromatic N) is 2. The minimum absolute atomic E-state index is 0.134. The van der Waals surface area contributed by atoms with Crippen molar-refractivity contribution in [3.05, 3.63) is 106 Å². The molecule has 144 valence electrons. The molecule has 4 aromatic rings. The van der Waals surface area contributed by atoms with Crippen molar-refractivity contribution < 1.29 is 4.79 Å². The molecule has 0 saturated heterocycles. The molecule has 0 radical (unpaired) electrons. The van der Waals surface area contributed by atoms with Gasteiger partial charge in [0, 0.05) is 22.4 Å². The van der Waals surface area contributed by atoms with E-state index < -0.39 is 0 Å². The van der Waals surface area contributed by atoms with Crippen LogP contribution in [0.15, 0.2) is 89.7 Å². The summed E-state index contributed by atoms with van der Waals surface area (Å²) in [7, 11) is 0. The van der Waals surface area contributed by atoms with Crippen LogP contribution in [0, 0.1) is 6.92 Å². The first-order valence-electron chi connectivity index (χ1n) is 9.33. The number of aromatic nitrogens is 2. The van der Waals surface area contributed by atoms with Crippen LogP contribution >= 0.6 is 15.9 Å². The van der Waals surface area contributed by atoms with E-state index in [9.17, 15) is 4.79 Å². The molecule has 0 aliphatic carbocycles. The van der Waals surface area contributed by atoms with Crippen molar-refractivity contribution in [2.75, 3.05) is 5.32 Å². The number of hydrogen-bond donors (Lipinski definition) is 1. The van der Waals surface area contributed by atoms with Crippen LogP contribution in [-0.2, 0) is 6.54 Å². The summed E-state index contributed by atoms with van der Waals surface area (Å²) in [5.74, 6) is -0.134. The summed E-state index contributed by atoms with van der Waals surface area (Å²) in [4.78, 5) is 13.0. The second-order valence-electron chi connectivity index (χ2n) is 6.88. The van der Waals surface area contributed by atoms with Gasteiger partial charge in [0.1, 0.15) is 0 Å². The maximum Gasteiger partial charge on any atom is 0.256 e. The van der Waals surface area contributed by atoms with Crippen molar-refractivity contribution in [1.29, 1.82) is 0 Å². The van der Waals surface area contributed by atoms with E-state index in [0.717, 1.165) is 39.0 Å². The Bertz CT molecular complexity index is 1140. The summed E-state index contributed by atoms with van der Waals surface area (Å²) < 4.78 is 2.75. The fourth-order valence-electron chi connectivity index (χ4n) is 3.21. The van der Waals surface area contributed by atoms with Crippen LogP contribution in [0.25, 0.3) is 11.1 Å². The van der Waals surface area contributed by atoms with Gasteiger partial charge in [0.25, 0.3) is 5.91 Å². The first-order chi connectivity index (χ1) is 14.1. The van der Waals surface area contributed by atoms with Crippen LogP contribution in [0.1, 0.15) is 21.5 Å². The molecule has 1 amide bonds. The molecule has 29 heavy (non-hydrogen) atoms. The molecule has 4 rings (SSSR count). The number of carbonyl (C=O) groups excluding carboxylic acids is 1. The Labute approximate surface area is 178 Å². The van der Waals surface area contributed by atoms with Gasteiger partial charge in [-0.3, -0.25) is 9.48 Å². The quantitative estimate of drug-likeness (QED) is 0.414. The molecular weight excluding hydrogens is 426 g/mol. The lowest BCUT2D eigenvalue weighted by atomic mass is 9.98. The van der Waals surface area contributed by atoms with E-state index in [1.165, 1.54) is 0 Å². The minimum Gasteiger partial charge on any atom is -0.321 e. The third kappa shape index (κ3) is 4.46. The number of aryl methyl sites for hydroxylation is 1. The molecule has 5 heteroatoms. The second-order valence-corrected chi connectivity index (χ2v) is 7.74. The second kappa shape index (κ2) is 8.45. The van der Waals surface area contributed by atoms with E-state index in [-0.39, 0.29) is 5.91 Å². The Balaban J connectivity index is 1.58. The molecule has 0 atom stereocenters. The highest BCUT2D eigenvalue weighted by Gasteiger charge is 2.14. The average molecular weight is 446 g/mol. The van der Waals surface area contributed by atoms with Crippen molar-refractivity contribution in [3.63, 3.8) is 0 Å². The lowest BCUT2D eigenvalue weighted by molar-refractivity contribution is 0.102. The smallest absolute Gasteiger partial charge is 0.256 e. The fraction of sp³-hybridized carbons (Fsp3) is 0.0833. The molecule has 0 spiro atoms. The standard InChI is InChI=1S/C24H20BrN3O/c1-17-7-12-23(22(25)15-17)27-24(29)21-6-3-2-5-20(21)19-10-8-18(9-11-19)16-28-14-4-13-26-28/h2-15H,16H2,1H3,(H,27,29). The molecule has 4 nitrogen and oxygen atoms in total. The number of anilines is 1. The summed E-state index contributed by atoms with van der Waals surface area (Å²) in [6.45, 7) is 2.73. The van der Waals surface area contributed by atoms with Gasteiger partial charge in [-0.25, -0.2) is 0 Å². The van der Waals surface area contributed by atoms with Gasteiger partial charge in [-0.1, -0.05) is 48.5 Å². The monoisotopic (exact) mass is 445 g/mol. The topological polar surface area (TPSA) is 46.9 Å². The summed E-state index contributed by atoms with van der Waals surface area (Å²) in [6, 6.07) is 23.7. The summed E-state index contributed by atoms with van der Waals surface area (Å²) in [5.41, 5.74) is 5.58. The van der Waals surface area contributed by atoms with Crippen LogP contribution in [-0.4, -0.2) is 15.7 Å². The van der Waals surface area contributed by atoms with Crippen molar-refractivity contribution >= 4 is 27.5 Å². The Morgan fingerprint density at radius 2 is 1.83 bits per heavy atom. The van der Waals surface area contributed by atoms with Crippen molar-refractivity contribution in [2.45, 2.75) is 13.5 Å². The molecule has 0 unspecified atom stereocenters. The molecule has 3 aromatic carbocycles. The Kier molecular flexibility index (Phi) is 5.58. The first kappa shape index (κ1) is 19.2. The van der Waals surface area contributed by atoms with Gasteiger partial charge in [0.2, 0.25) is 0 Å². The summed E-state index contributed by atoms with van der Waals surface area (Å²) in [6.07, 6.45) is 3.71. The summed E-state index contributed by atoms with van der Waals surface area (Å²) >= 11 is 3.52. The molecule has 0 fully saturated rings. The number of nitrogens with one attached hydrogen (secondary N) is 1. The van der Waals surface area contributed by atoms with E-state index in [1.807, 2.05) is 78.5 Å². The van der Waals surface area contributed by atoms with Gasteiger partial charge in [-0.2, -0.15) is 5.10 Å². The zero-order valence-electron chi connectivity index (χ0n) is 16.0. The zero-order chi connectivity index (χ0) is 20.2. The van der Waals surface area contributed by atoms with Crippen molar-refractivity contribution in [3.8, 4) is 11.1 Å². The van der Waals surface area contributed by atoms with Gasteiger partial charge in [-0.15, -0.1) is 0 Å². The first-order valence-corrected chi connectivity index (χ1v) is 10.1. The maximum absolute atomic E-state index is 13.0. The number of benzene rings is 3. The third-order valence-corrected chi connectivity index (χ3v) is 5.37. The Hall–Kier alpha value is -3.18. The van der Waals surface area contributed by atoms with Gasteiger partial charge >= 0.3 is 0 Å². The number of halogens is 1. The van der Waals surface area contributed by atoms with Gasteiger partial charge in [0.15, 0.2) is 0 Å². The Morgan fingerprint density at radius 3 is 2.55 bits per heavy atom. The van der Waals surface area contributed by atoms with Crippen LogP contribution < -0.4 is 5.32 Å². The molecule has 1 N–H and O–H groups in total. The molecular formula is C24H20BrN3O. The molecule has 1 aromatic heterocycles. The van der Waals surface area contributed by atoms with Crippen LogP contribution in [0.3, 0.4) is 0 Å². The largest absolute Gasteiger partial charge is 0.321 e. The van der Waals surface area contributed by atoms with E-state index in [0.29, 0.717) is 5.56 Å². The highest BCUT2D eigenvalue weighted by atomic mass is 79.9. The highest BCUT2D eigenvalue weighted by molar-refractivity contribution is 9.10. The third-order valence-electron chi connectivity index (χ3n) is 4.71. The zero-order valence-corrected chi connectivity index (χ0v) is 17.6. The SMILES string of the molecule is Cc1ccc(NC(=O)c2ccccc2-c2ccc(Cn3cccn3)cc2)c(Br)c1. The minimum atomic E-state index is -0.134. The van der Waals surface area contributed by atoms with Gasteiger partial charge < -0.3 is 5.32 Å². The van der Waals surface area contributed by atoms with E-state index >= 15 is 0 Å².